The first-order chi connectivity index (χ1) is 14.1. The number of hydrogen-bond donors (Lipinski definition) is 2. The standard InChI is InChI=1S/C23H30N6/c1-5-20-9-7-8-10-21(20)16-27-23(24-6-2)26-15-19-11-12-22(25-14-19)29-18(4)13-17(3)28-29/h7-14H,5-6,15-16H2,1-4H3,(H2,24,26,27). The monoisotopic (exact) mass is 390 g/mol. The average Bonchev–Trinajstić information content (AvgIpc) is 3.08. The van der Waals surface area contributed by atoms with Gasteiger partial charge in [0.25, 0.3) is 0 Å². The van der Waals surface area contributed by atoms with Crippen molar-refractivity contribution in [2.75, 3.05) is 6.54 Å². The molecule has 0 saturated carbocycles. The number of nitrogens with one attached hydrogen (secondary N) is 2. The molecule has 0 amide bonds. The van der Waals surface area contributed by atoms with E-state index >= 15 is 0 Å². The van der Waals surface area contributed by atoms with E-state index in [1.807, 2.05) is 36.9 Å². The van der Waals surface area contributed by atoms with E-state index in [2.05, 4.69) is 64.9 Å². The van der Waals surface area contributed by atoms with Crippen molar-refractivity contribution in [1.82, 2.24) is 25.4 Å². The average molecular weight is 391 g/mol. The Bertz CT molecular complexity index is 956. The molecule has 0 bridgehead atoms. The molecule has 0 atom stereocenters. The van der Waals surface area contributed by atoms with Crippen molar-refractivity contribution in [3.63, 3.8) is 0 Å². The second-order valence-corrected chi connectivity index (χ2v) is 7.03. The van der Waals surface area contributed by atoms with Crippen LogP contribution < -0.4 is 10.6 Å². The Balaban J connectivity index is 1.66. The number of aryl methyl sites for hydroxylation is 3. The molecule has 6 heteroatoms. The molecule has 0 aliphatic rings. The van der Waals surface area contributed by atoms with Gasteiger partial charge in [-0.25, -0.2) is 14.7 Å². The first kappa shape index (κ1) is 20.6. The van der Waals surface area contributed by atoms with Crippen molar-refractivity contribution in [2.24, 2.45) is 4.99 Å². The lowest BCUT2D eigenvalue weighted by atomic mass is 10.1. The molecule has 3 rings (SSSR count). The van der Waals surface area contributed by atoms with Crippen LogP contribution in [0.15, 0.2) is 53.7 Å². The minimum atomic E-state index is 0.565. The van der Waals surface area contributed by atoms with Gasteiger partial charge in [-0.2, -0.15) is 5.10 Å². The van der Waals surface area contributed by atoms with Crippen LogP contribution in [0.5, 0.6) is 0 Å². The molecular weight excluding hydrogens is 360 g/mol. The third kappa shape index (κ3) is 5.44. The number of pyridine rings is 1. The topological polar surface area (TPSA) is 67.1 Å². The lowest BCUT2D eigenvalue weighted by Crippen LogP contribution is -2.37. The number of rotatable bonds is 7. The van der Waals surface area contributed by atoms with Crippen molar-refractivity contribution in [3.8, 4) is 5.82 Å². The van der Waals surface area contributed by atoms with Gasteiger partial charge in [-0.3, -0.25) is 0 Å². The Kier molecular flexibility index (Phi) is 7.00. The summed E-state index contributed by atoms with van der Waals surface area (Å²) in [7, 11) is 0. The van der Waals surface area contributed by atoms with Crippen LogP contribution in [0.4, 0.5) is 0 Å². The Morgan fingerprint density at radius 3 is 2.45 bits per heavy atom. The quantitative estimate of drug-likeness (QED) is 0.477. The molecule has 0 saturated heterocycles. The molecule has 6 nitrogen and oxygen atoms in total. The molecular formula is C23H30N6. The number of aliphatic imine (C=N–C) groups is 1. The van der Waals surface area contributed by atoms with E-state index in [9.17, 15) is 0 Å². The largest absolute Gasteiger partial charge is 0.357 e. The van der Waals surface area contributed by atoms with Gasteiger partial charge in [-0.05, 0) is 56.0 Å². The number of guanidine groups is 1. The van der Waals surface area contributed by atoms with Gasteiger partial charge in [0.1, 0.15) is 0 Å². The van der Waals surface area contributed by atoms with Crippen molar-refractivity contribution in [2.45, 2.75) is 47.2 Å². The van der Waals surface area contributed by atoms with E-state index in [0.29, 0.717) is 6.54 Å². The van der Waals surface area contributed by atoms with Gasteiger partial charge in [-0.1, -0.05) is 37.3 Å². The summed E-state index contributed by atoms with van der Waals surface area (Å²) < 4.78 is 1.86. The predicted octanol–water partition coefficient (Wildman–Crippen LogP) is 3.70. The number of aromatic nitrogens is 3. The van der Waals surface area contributed by atoms with Crippen molar-refractivity contribution in [3.05, 3.63) is 76.7 Å². The fourth-order valence-electron chi connectivity index (χ4n) is 3.26. The summed E-state index contributed by atoms with van der Waals surface area (Å²) in [5.74, 6) is 1.63. The molecule has 0 spiro atoms. The van der Waals surface area contributed by atoms with E-state index in [4.69, 9.17) is 4.99 Å². The maximum absolute atomic E-state index is 4.71. The van der Waals surface area contributed by atoms with Gasteiger partial charge in [-0.15, -0.1) is 0 Å². The smallest absolute Gasteiger partial charge is 0.191 e. The third-order valence-electron chi connectivity index (χ3n) is 4.75. The summed E-state index contributed by atoms with van der Waals surface area (Å²) in [5.41, 5.74) is 5.79. The third-order valence-corrected chi connectivity index (χ3v) is 4.75. The highest BCUT2D eigenvalue weighted by molar-refractivity contribution is 5.79. The zero-order chi connectivity index (χ0) is 20.6. The summed E-state index contributed by atoms with van der Waals surface area (Å²) in [6.45, 7) is 10.4. The Morgan fingerprint density at radius 1 is 1.03 bits per heavy atom. The summed E-state index contributed by atoms with van der Waals surface area (Å²) in [6.07, 6.45) is 2.89. The van der Waals surface area contributed by atoms with Crippen LogP contribution >= 0.6 is 0 Å². The summed E-state index contributed by atoms with van der Waals surface area (Å²) in [4.78, 5) is 9.26. The molecule has 0 aliphatic heterocycles. The lowest BCUT2D eigenvalue weighted by molar-refractivity contribution is 0.798. The van der Waals surface area contributed by atoms with Crippen LogP contribution in [0.1, 0.15) is 41.9 Å². The fraction of sp³-hybridized carbons (Fsp3) is 0.348. The van der Waals surface area contributed by atoms with Crippen LogP contribution in [0.25, 0.3) is 5.82 Å². The molecule has 2 N–H and O–H groups in total. The maximum Gasteiger partial charge on any atom is 0.191 e. The van der Waals surface area contributed by atoms with Crippen molar-refractivity contribution >= 4 is 5.96 Å². The SMILES string of the molecule is CCNC(=NCc1ccc(-n2nc(C)cc2C)nc1)NCc1ccccc1CC. The van der Waals surface area contributed by atoms with Gasteiger partial charge < -0.3 is 10.6 Å². The Hall–Kier alpha value is -3.15. The van der Waals surface area contributed by atoms with Crippen molar-refractivity contribution < 1.29 is 0 Å². The first-order valence-corrected chi connectivity index (χ1v) is 10.2. The minimum absolute atomic E-state index is 0.565. The van der Waals surface area contributed by atoms with Crippen LogP contribution in [0.2, 0.25) is 0 Å². The van der Waals surface area contributed by atoms with E-state index in [1.165, 1.54) is 11.1 Å². The van der Waals surface area contributed by atoms with Gasteiger partial charge in [0.2, 0.25) is 0 Å². The van der Waals surface area contributed by atoms with Crippen LogP contribution in [0.3, 0.4) is 0 Å². The molecule has 1 aromatic carbocycles. The van der Waals surface area contributed by atoms with Gasteiger partial charge >= 0.3 is 0 Å². The molecule has 152 valence electrons. The van der Waals surface area contributed by atoms with Crippen molar-refractivity contribution in [1.29, 1.82) is 0 Å². The number of hydrogen-bond acceptors (Lipinski definition) is 3. The predicted molar refractivity (Wildman–Crippen MR) is 118 cm³/mol. The summed E-state index contributed by atoms with van der Waals surface area (Å²) in [5, 5.41) is 11.2. The van der Waals surface area contributed by atoms with Crippen LogP contribution in [-0.2, 0) is 19.5 Å². The molecule has 0 fully saturated rings. The fourth-order valence-corrected chi connectivity index (χ4v) is 3.26. The Labute approximate surface area is 173 Å². The van der Waals surface area contributed by atoms with Gasteiger partial charge in [0.15, 0.2) is 11.8 Å². The Morgan fingerprint density at radius 2 is 1.83 bits per heavy atom. The molecule has 0 radical (unpaired) electrons. The second-order valence-electron chi connectivity index (χ2n) is 7.03. The van der Waals surface area contributed by atoms with Crippen LogP contribution in [0, 0.1) is 13.8 Å². The molecule has 0 unspecified atom stereocenters. The van der Waals surface area contributed by atoms with Gasteiger partial charge in [0, 0.05) is 25.0 Å². The number of benzene rings is 1. The van der Waals surface area contributed by atoms with E-state index in [-0.39, 0.29) is 0 Å². The minimum Gasteiger partial charge on any atom is -0.357 e. The molecule has 2 aromatic heterocycles. The summed E-state index contributed by atoms with van der Waals surface area (Å²) >= 11 is 0. The highest BCUT2D eigenvalue weighted by atomic mass is 15.3. The van der Waals surface area contributed by atoms with Crippen LogP contribution in [-0.4, -0.2) is 27.3 Å². The van der Waals surface area contributed by atoms with E-state index in [0.717, 1.165) is 48.2 Å². The zero-order valence-corrected chi connectivity index (χ0v) is 17.7. The maximum atomic E-state index is 4.71. The van der Waals surface area contributed by atoms with Gasteiger partial charge in [0.05, 0.1) is 12.2 Å². The van der Waals surface area contributed by atoms with E-state index in [1.54, 1.807) is 0 Å². The number of nitrogens with zero attached hydrogens (tertiary/aromatic N) is 4. The normalized spacial score (nSPS) is 11.5. The lowest BCUT2D eigenvalue weighted by Gasteiger charge is -2.13. The highest BCUT2D eigenvalue weighted by Crippen LogP contribution is 2.11. The molecule has 2 heterocycles. The van der Waals surface area contributed by atoms with E-state index < -0.39 is 0 Å². The first-order valence-electron chi connectivity index (χ1n) is 10.2. The molecule has 3 aromatic rings. The molecule has 29 heavy (non-hydrogen) atoms. The second kappa shape index (κ2) is 9.87. The highest BCUT2D eigenvalue weighted by Gasteiger charge is 2.06. The molecule has 0 aliphatic carbocycles. The zero-order valence-electron chi connectivity index (χ0n) is 17.7. The summed E-state index contributed by atoms with van der Waals surface area (Å²) in [6, 6.07) is 14.6.